The third-order valence-electron chi connectivity index (χ3n) is 5.87. The summed E-state index contributed by atoms with van der Waals surface area (Å²) in [6.45, 7) is 7.75. The quantitative estimate of drug-likeness (QED) is 0.643. The van der Waals surface area contributed by atoms with Crippen LogP contribution in [0.25, 0.3) is 0 Å². The summed E-state index contributed by atoms with van der Waals surface area (Å²) in [5, 5.41) is 0. The number of fused-ring (bicyclic) bond motifs is 2. The van der Waals surface area contributed by atoms with E-state index in [4.69, 9.17) is 4.99 Å². The van der Waals surface area contributed by atoms with Crippen LogP contribution in [-0.4, -0.2) is 25.3 Å². The molecule has 0 saturated heterocycles. The molecular formula is C23H34N2. The molecule has 0 radical (unpaired) electrons. The molecule has 1 aromatic rings. The van der Waals surface area contributed by atoms with Gasteiger partial charge < -0.3 is 4.90 Å². The molecule has 4 rings (SSSR count). The highest BCUT2D eigenvalue weighted by Gasteiger charge is 2.55. The van der Waals surface area contributed by atoms with Crippen molar-refractivity contribution < 1.29 is 0 Å². The van der Waals surface area contributed by atoms with E-state index in [0.29, 0.717) is 6.04 Å². The maximum Gasteiger partial charge on any atom is 0.0647 e. The fraction of sp³-hybridized carbons (Fsp3) is 0.609. The smallest absolute Gasteiger partial charge is 0.0647 e. The van der Waals surface area contributed by atoms with E-state index in [-0.39, 0.29) is 5.41 Å². The van der Waals surface area contributed by atoms with E-state index in [9.17, 15) is 0 Å². The van der Waals surface area contributed by atoms with Gasteiger partial charge in [0, 0.05) is 30.4 Å². The van der Waals surface area contributed by atoms with Crippen LogP contribution in [0.1, 0.15) is 70.4 Å². The molecule has 1 saturated carbocycles. The van der Waals surface area contributed by atoms with E-state index in [2.05, 4.69) is 63.1 Å². The Labute approximate surface area is 154 Å². The average Bonchev–Trinajstić information content (AvgIpc) is 3.35. The SMILES string of the molecule is CC1=NC2CC2(c2ccc3c(c2)CCCN3C)C=C1.CCCCCC. The molecule has 136 valence electrons. The van der Waals surface area contributed by atoms with Crippen LogP contribution in [0.3, 0.4) is 0 Å². The van der Waals surface area contributed by atoms with Crippen molar-refractivity contribution in [3.63, 3.8) is 0 Å². The van der Waals surface area contributed by atoms with Gasteiger partial charge in [-0.25, -0.2) is 0 Å². The first kappa shape index (κ1) is 18.2. The van der Waals surface area contributed by atoms with Crippen LogP contribution in [0.5, 0.6) is 0 Å². The Kier molecular flexibility index (Phi) is 5.66. The van der Waals surface area contributed by atoms with Gasteiger partial charge in [-0.05, 0) is 49.5 Å². The van der Waals surface area contributed by atoms with E-state index < -0.39 is 0 Å². The number of dihydropyridines is 1. The molecule has 1 aromatic carbocycles. The number of unbranched alkanes of at least 4 members (excludes halogenated alkanes) is 3. The van der Waals surface area contributed by atoms with E-state index in [1.807, 2.05) is 0 Å². The first-order valence-corrected chi connectivity index (χ1v) is 10.2. The lowest BCUT2D eigenvalue weighted by Crippen LogP contribution is -2.25. The first-order valence-electron chi connectivity index (χ1n) is 10.2. The van der Waals surface area contributed by atoms with E-state index in [0.717, 1.165) is 0 Å². The van der Waals surface area contributed by atoms with E-state index in [1.54, 1.807) is 0 Å². The Morgan fingerprint density at radius 3 is 2.64 bits per heavy atom. The number of hydrogen-bond acceptors (Lipinski definition) is 2. The summed E-state index contributed by atoms with van der Waals surface area (Å²) < 4.78 is 0. The second kappa shape index (κ2) is 7.76. The highest BCUT2D eigenvalue weighted by Crippen LogP contribution is 2.54. The lowest BCUT2D eigenvalue weighted by molar-refractivity contribution is 0.702. The third-order valence-corrected chi connectivity index (χ3v) is 5.87. The molecule has 2 atom stereocenters. The fourth-order valence-corrected chi connectivity index (χ4v) is 4.14. The molecule has 1 aliphatic carbocycles. The minimum absolute atomic E-state index is 0.227. The summed E-state index contributed by atoms with van der Waals surface area (Å²) in [7, 11) is 2.20. The van der Waals surface area contributed by atoms with Crippen LogP contribution in [-0.2, 0) is 11.8 Å². The van der Waals surface area contributed by atoms with E-state index >= 15 is 0 Å². The van der Waals surface area contributed by atoms with Gasteiger partial charge in [-0.3, -0.25) is 4.99 Å². The minimum atomic E-state index is 0.227. The number of aryl methyl sites for hydroxylation is 1. The van der Waals surface area contributed by atoms with Gasteiger partial charge >= 0.3 is 0 Å². The van der Waals surface area contributed by atoms with Gasteiger partial charge in [0.1, 0.15) is 0 Å². The number of anilines is 1. The van der Waals surface area contributed by atoms with Crippen molar-refractivity contribution in [3.8, 4) is 0 Å². The largest absolute Gasteiger partial charge is 0.374 e. The molecule has 2 heteroatoms. The number of rotatable bonds is 4. The molecule has 2 aliphatic heterocycles. The first-order chi connectivity index (χ1) is 12.1. The number of allylic oxidation sites excluding steroid dienone is 1. The summed E-state index contributed by atoms with van der Waals surface area (Å²) >= 11 is 0. The lowest BCUT2D eigenvalue weighted by atomic mass is 9.89. The molecule has 0 spiro atoms. The highest BCUT2D eigenvalue weighted by atomic mass is 15.1. The van der Waals surface area contributed by atoms with Gasteiger partial charge in [-0.15, -0.1) is 0 Å². The maximum absolute atomic E-state index is 4.75. The predicted molar refractivity (Wildman–Crippen MR) is 110 cm³/mol. The maximum atomic E-state index is 4.75. The van der Waals surface area contributed by atoms with Crippen molar-refractivity contribution in [2.24, 2.45) is 4.99 Å². The summed E-state index contributed by atoms with van der Waals surface area (Å²) in [4.78, 5) is 7.13. The van der Waals surface area contributed by atoms with Crippen LogP contribution in [0.15, 0.2) is 35.3 Å². The molecule has 3 aliphatic rings. The Morgan fingerprint density at radius 2 is 1.96 bits per heavy atom. The molecule has 2 unspecified atom stereocenters. The molecule has 0 amide bonds. The van der Waals surface area contributed by atoms with Gasteiger partial charge in [-0.2, -0.15) is 0 Å². The average molecular weight is 339 g/mol. The zero-order valence-electron chi connectivity index (χ0n) is 16.5. The number of aliphatic imine (C=N–C) groups is 1. The number of benzene rings is 1. The summed E-state index contributed by atoms with van der Waals surface area (Å²) in [5.41, 5.74) is 5.81. The van der Waals surface area contributed by atoms with Crippen molar-refractivity contribution in [2.45, 2.75) is 77.2 Å². The second-order valence-electron chi connectivity index (χ2n) is 7.94. The third kappa shape index (κ3) is 3.83. The van der Waals surface area contributed by atoms with Crippen LogP contribution in [0.4, 0.5) is 5.69 Å². The van der Waals surface area contributed by atoms with Crippen LogP contribution in [0.2, 0.25) is 0 Å². The van der Waals surface area contributed by atoms with Gasteiger partial charge in [0.05, 0.1) is 6.04 Å². The Hall–Kier alpha value is -1.57. The summed E-state index contributed by atoms with van der Waals surface area (Å²) in [6.07, 6.45) is 13.8. The predicted octanol–water partition coefficient (Wildman–Crippen LogP) is 5.70. The monoisotopic (exact) mass is 338 g/mol. The van der Waals surface area contributed by atoms with Gasteiger partial charge in [0.2, 0.25) is 0 Å². The molecular weight excluding hydrogens is 304 g/mol. The zero-order valence-corrected chi connectivity index (χ0v) is 16.5. The minimum Gasteiger partial charge on any atom is -0.374 e. The van der Waals surface area contributed by atoms with Crippen molar-refractivity contribution in [1.29, 1.82) is 0 Å². The summed E-state index contributed by atoms with van der Waals surface area (Å²) in [5.74, 6) is 0. The van der Waals surface area contributed by atoms with Gasteiger partial charge in [-0.1, -0.05) is 57.7 Å². The standard InChI is InChI=1S/C17H20N2.C6H14/c1-12-7-8-17(11-16(17)18-12)14-5-6-15-13(10-14)4-3-9-19(15)2;1-3-5-6-4-2/h5-8,10,16H,3-4,9,11H2,1-2H3;3-6H2,1-2H3. The molecule has 2 nitrogen and oxygen atoms in total. The molecule has 0 N–H and O–H groups in total. The van der Waals surface area contributed by atoms with E-state index in [1.165, 1.54) is 74.0 Å². The topological polar surface area (TPSA) is 15.6 Å². The van der Waals surface area contributed by atoms with Crippen LogP contribution >= 0.6 is 0 Å². The molecule has 0 aromatic heterocycles. The Balaban J connectivity index is 0.000000265. The van der Waals surface area contributed by atoms with Gasteiger partial charge in [0.25, 0.3) is 0 Å². The Bertz CT molecular complexity index is 654. The molecule has 2 heterocycles. The second-order valence-corrected chi connectivity index (χ2v) is 7.94. The normalized spacial score (nSPS) is 26.2. The highest BCUT2D eigenvalue weighted by molar-refractivity contribution is 5.94. The summed E-state index contributed by atoms with van der Waals surface area (Å²) in [6, 6.07) is 7.57. The van der Waals surface area contributed by atoms with Crippen molar-refractivity contribution in [3.05, 3.63) is 41.5 Å². The molecule has 25 heavy (non-hydrogen) atoms. The Morgan fingerprint density at radius 1 is 1.20 bits per heavy atom. The van der Waals surface area contributed by atoms with Gasteiger partial charge in [0.15, 0.2) is 0 Å². The van der Waals surface area contributed by atoms with Crippen molar-refractivity contribution in [2.75, 3.05) is 18.5 Å². The zero-order chi connectivity index (χ0) is 17.9. The van der Waals surface area contributed by atoms with Crippen molar-refractivity contribution in [1.82, 2.24) is 0 Å². The fourth-order valence-electron chi connectivity index (χ4n) is 4.14. The van der Waals surface area contributed by atoms with Crippen molar-refractivity contribution >= 4 is 11.4 Å². The van der Waals surface area contributed by atoms with Crippen LogP contribution in [0, 0.1) is 0 Å². The number of nitrogens with zero attached hydrogens (tertiary/aromatic N) is 2. The number of hydrogen-bond donors (Lipinski definition) is 0. The van der Waals surface area contributed by atoms with Crippen LogP contribution < -0.4 is 4.90 Å². The molecule has 1 fully saturated rings. The molecule has 0 bridgehead atoms. The lowest BCUT2D eigenvalue weighted by Gasteiger charge is -2.29.